The largest absolute Gasteiger partial charge is 0.394 e. The highest BCUT2D eigenvalue weighted by Crippen LogP contribution is 2.30. The van der Waals surface area contributed by atoms with E-state index < -0.39 is 86.8 Å². The zero-order valence-electron chi connectivity index (χ0n) is 52.1. The molecule has 0 aromatic rings. The molecule has 9 N–H and O–H groups in total. The fraction of sp³-hybridized carbons (Fsp3) is 0.729. The fourth-order valence-electron chi connectivity index (χ4n) is 10.2. The van der Waals surface area contributed by atoms with E-state index in [1.807, 2.05) is 6.08 Å². The van der Waals surface area contributed by atoms with Gasteiger partial charge in [0.25, 0.3) is 0 Å². The highest BCUT2D eigenvalue weighted by Gasteiger charge is 2.51. The molecule has 0 bridgehead atoms. The number of amides is 1. The highest BCUT2D eigenvalue weighted by molar-refractivity contribution is 5.76. The van der Waals surface area contributed by atoms with Gasteiger partial charge < -0.3 is 65.1 Å². The first kappa shape index (κ1) is 76.7. The monoisotopic (exact) mass is 1180 g/mol. The van der Waals surface area contributed by atoms with Crippen LogP contribution in [0, 0.1) is 0 Å². The van der Waals surface area contributed by atoms with Gasteiger partial charge >= 0.3 is 0 Å². The molecule has 12 atom stereocenters. The number of unbranched alkanes of at least 4 members (excludes halogenated alkanes) is 23. The summed E-state index contributed by atoms with van der Waals surface area (Å²) in [5.41, 5.74) is 0. The summed E-state index contributed by atoms with van der Waals surface area (Å²) in [4.78, 5) is 13.3. The Kier molecular flexibility index (Phi) is 49.2. The molecule has 12 unspecified atom stereocenters. The maximum atomic E-state index is 13.3. The molecular formula is C70H119NO13. The van der Waals surface area contributed by atoms with Crippen molar-refractivity contribution in [2.24, 2.45) is 0 Å². The van der Waals surface area contributed by atoms with Crippen molar-refractivity contribution >= 4 is 5.91 Å². The average molecular weight is 1180 g/mol. The Labute approximate surface area is 508 Å². The summed E-state index contributed by atoms with van der Waals surface area (Å²) in [6.07, 6.45) is 60.1. The molecule has 14 nitrogen and oxygen atoms in total. The van der Waals surface area contributed by atoms with Gasteiger partial charge in [-0.1, -0.05) is 252 Å². The molecule has 0 spiro atoms. The summed E-state index contributed by atoms with van der Waals surface area (Å²) in [7, 11) is 0. The molecule has 14 heteroatoms. The molecule has 1 amide bonds. The normalized spacial score (nSPS) is 24.4. The number of nitrogens with one attached hydrogen (secondary N) is 1. The molecule has 0 aromatic heterocycles. The molecule has 2 aliphatic rings. The van der Waals surface area contributed by atoms with Gasteiger partial charge in [0, 0.05) is 6.42 Å². The van der Waals surface area contributed by atoms with Gasteiger partial charge in [0.2, 0.25) is 5.91 Å². The number of aliphatic hydroxyl groups excluding tert-OH is 8. The maximum absolute atomic E-state index is 13.3. The lowest BCUT2D eigenvalue weighted by atomic mass is 9.97. The molecule has 2 saturated heterocycles. The minimum atomic E-state index is -1.79. The number of carbonyl (C=O) groups is 1. The van der Waals surface area contributed by atoms with Gasteiger partial charge in [-0.15, -0.1) is 0 Å². The Morgan fingerprint density at radius 3 is 1.26 bits per heavy atom. The van der Waals surface area contributed by atoms with Gasteiger partial charge in [-0.2, -0.15) is 0 Å². The zero-order chi connectivity index (χ0) is 60.9. The third-order valence-electron chi connectivity index (χ3n) is 15.5. The lowest BCUT2D eigenvalue weighted by Gasteiger charge is -2.46. The van der Waals surface area contributed by atoms with Crippen molar-refractivity contribution in [1.29, 1.82) is 0 Å². The van der Waals surface area contributed by atoms with E-state index in [2.05, 4.69) is 116 Å². The number of hydrogen-bond acceptors (Lipinski definition) is 13. The van der Waals surface area contributed by atoms with Crippen LogP contribution in [0.15, 0.2) is 109 Å². The third kappa shape index (κ3) is 38.0. The quantitative estimate of drug-likeness (QED) is 0.0204. The predicted octanol–water partition coefficient (Wildman–Crippen LogP) is 12.8. The van der Waals surface area contributed by atoms with Crippen molar-refractivity contribution in [1.82, 2.24) is 5.32 Å². The minimum absolute atomic E-state index is 0.245. The number of aliphatic hydroxyl groups is 8. The van der Waals surface area contributed by atoms with Gasteiger partial charge in [-0.05, 0) is 83.5 Å². The molecule has 84 heavy (non-hydrogen) atoms. The fourth-order valence-corrected chi connectivity index (χ4v) is 10.2. The predicted molar refractivity (Wildman–Crippen MR) is 341 cm³/mol. The first-order valence-electron chi connectivity index (χ1n) is 33.1. The van der Waals surface area contributed by atoms with E-state index in [4.69, 9.17) is 18.9 Å². The van der Waals surface area contributed by atoms with Crippen molar-refractivity contribution in [3.8, 4) is 0 Å². The van der Waals surface area contributed by atoms with Gasteiger partial charge in [0.05, 0.1) is 32.0 Å². The smallest absolute Gasteiger partial charge is 0.220 e. The molecule has 2 heterocycles. The first-order valence-corrected chi connectivity index (χ1v) is 33.1. The highest BCUT2D eigenvalue weighted by atomic mass is 16.7. The van der Waals surface area contributed by atoms with Crippen molar-refractivity contribution < 1.29 is 64.6 Å². The maximum Gasteiger partial charge on any atom is 0.220 e. The molecule has 2 aliphatic heterocycles. The Morgan fingerprint density at radius 1 is 0.440 bits per heavy atom. The molecule has 0 aliphatic carbocycles. The lowest BCUT2D eigenvalue weighted by Crippen LogP contribution is -2.65. The van der Waals surface area contributed by atoms with Gasteiger partial charge in [-0.25, -0.2) is 0 Å². The summed E-state index contributed by atoms with van der Waals surface area (Å²) in [5, 5.41) is 87.0. The topological polar surface area (TPSA) is 228 Å². The Morgan fingerprint density at radius 2 is 0.821 bits per heavy atom. The van der Waals surface area contributed by atoms with Crippen LogP contribution in [0.25, 0.3) is 0 Å². The van der Waals surface area contributed by atoms with E-state index in [1.54, 1.807) is 6.08 Å². The van der Waals surface area contributed by atoms with Crippen LogP contribution in [0.1, 0.15) is 232 Å². The van der Waals surface area contributed by atoms with E-state index >= 15 is 0 Å². The molecule has 0 radical (unpaired) electrons. The number of allylic oxidation sites excluding steroid dienone is 17. The first-order chi connectivity index (χ1) is 41.1. The van der Waals surface area contributed by atoms with Crippen LogP contribution in [0.5, 0.6) is 0 Å². The SMILES string of the molecule is CC/C=C\C/C=C\C/C=C\C/C=C\C/C=C\C/C=C\C/C=C\C/C=C\CCCCCCCCCCCCCCCCC(=O)NC(COC1OC(CO)C(OC2OC(CO)C(O)C(O)C2O)C(O)C1O)C(O)/C=C/CCCCCCCCCCC. The second-order valence-electron chi connectivity index (χ2n) is 22.9. The van der Waals surface area contributed by atoms with E-state index in [9.17, 15) is 45.6 Å². The molecule has 2 fully saturated rings. The third-order valence-corrected chi connectivity index (χ3v) is 15.5. The van der Waals surface area contributed by atoms with Crippen LogP contribution >= 0.6 is 0 Å². The standard InChI is InChI=1S/C70H119NO13/c1-3-5-7-9-11-13-15-16-17-18-19-20-21-22-23-24-25-26-27-28-29-30-31-32-33-34-35-36-37-38-39-40-41-42-44-46-48-50-52-54-62(75)71-58(59(74)53-51-49-47-45-43-14-12-10-8-6-4-2)57-81-69-67(80)65(78)68(61(56-73)83-69)84-70-66(79)64(77)63(76)60(55-72)82-70/h5,7,11,13,16-17,19-20,22-23,25-26,28-29,31-32,51,53,58-61,63-70,72-74,76-80H,3-4,6,8-10,12,14-15,18,21,24,27,30,33-50,52,54-57H2,1-2H3,(H,71,75)/b7-5-,13-11-,17-16-,20-19-,23-22-,26-25-,29-28-,32-31-,53-51+. The minimum Gasteiger partial charge on any atom is -0.394 e. The second-order valence-corrected chi connectivity index (χ2v) is 22.9. The van der Waals surface area contributed by atoms with Crippen molar-refractivity contribution in [2.45, 2.75) is 306 Å². The molecule has 0 aromatic carbocycles. The lowest BCUT2D eigenvalue weighted by molar-refractivity contribution is -0.359. The van der Waals surface area contributed by atoms with Crippen LogP contribution in [0.3, 0.4) is 0 Å². The van der Waals surface area contributed by atoms with Crippen LogP contribution < -0.4 is 5.32 Å². The summed E-state index contributed by atoms with van der Waals surface area (Å²) >= 11 is 0. The summed E-state index contributed by atoms with van der Waals surface area (Å²) < 4.78 is 22.8. The Balaban J connectivity index is 1.58. The Hall–Kier alpha value is -3.35. The number of carbonyl (C=O) groups excluding carboxylic acids is 1. The van der Waals surface area contributed by atoms with E-state index in [-0.39, 0.29) is 18.9 Å². The zero-order valence-corrected chi connectivity index (χ0v) is 52.1. The summed E-state index contributed by atoms with van der Waals surface area (Å²) in [5.74, 6) is -0.245. The van der Waals surface area contributed by atoms with Gasteiger partial charge in [-0.3, -0.25) is 4.79 Å². The van der Waals surface area contributed by atoms with Gasteiger partial charge in [0.15, 0.2) is 12.6 Å². The van der Waals surface area contributed by atoms with E-state index in [1.165, 1.54) is 116 Å². The van der Waals surface area contributed by atoms with Crippen molar-refractivity contribution in [3.05, 3.63) is 109 Å². The van der Waals surface area contributed by atoms with Crippen molar-refractivity contribution in [3.63, 3.8) is 0 Å². The number of ether oxygens (including phenoxy) is 4. The molecular weight excluding hydrogens is 1060 g/mol. The number of rotatable bonds is 52. The van der Waals surface area contributed by atoms with E-state index in [0.717, 1.165) is 89.9 Å². The van der Waals surface area contributed by atoms with E-state index in [0.29, 0.717) is 6.42 Å². The summed E-state index contributed by atoms with van der Waals surface area (Å²) in [6, 6.07) is -0.919. The van der Waals surface area contributed by atoms with Crippen LogP contribution in [0.4, 0.5) is 0 Å². The number of hydrogen-bond donors (Lipinski definition) is 9. The Bertz CT molecular complexity index is 1820. The molecule has 2 rings (SSSR count). The average Bonchev–Trinajstić information content (AvgIpc) is 3.59. The molecule has 482 valence electrons. The second kappa shape index (κ2) is 53.9. The van der Waals surface area contributed by atoms with Gasteiger partial charge in [0.1, 0.15) is 48.8 Å². The molecule has 0 saturated carbocycles. The summed E-state index contributed by atoms with van der Waals surface area (Å²) in [6.45, 7) is 2.65. The van der Waals surface area contributed by atoms with Crippen LogP contribution in [-0.4, -0.2) is 140 Å². The van der Waals surface area contributed by atoms with Crippen molar-refractivity contribution in [2.75, 3.05) is 19.8 Å². The van der Waals surface area contributed by atoms with Crippen LogP contribution in [-0.2, 0) is 23.7 Å². The van der Waals surface area contributed by atoms with Crippen LogP contribution in [0.2, 0.25) is 0 Å².